The van der Waals surface area contributed by atoms with Gasteiger partial charge in [0.2, 0.25) is 0 Å². The molecule has 0 bridgehead atoms. The van der Waals surface area contributed by atoms with Gasteiger partial charge in [0.15, 0.2) is 11.9 Å². The number of nitrogens with one attached hydrogen (secondary N) is 1. The second-order valence-electron chi connectivity index (χ2n) is 4.84. The minimum Gasteiger partial charge on any atom is -0.481 e. The smallest absolute Gasteiger partial charge is 0.265 e. The molecule has 0 unspecified atom stereocenters. The molecule has 2 rings (SSSR count). The van der Waals surface area contributed by atoms with Crippen LogP contribution in [-0.2, 0) is 4.79 Å². The standard InChI is InChI=1S/C17H16ClNO3/c1-11(20)13-4-3-5-15(10-13)19-17(21)12(2)22-16-8-6-14(18)7-9-16/h3-10,12H,1-2H3,(H,19,21)/t12-/m1/s1. The maximum Gasteiger partial charge on any atom is 0.265 e. The average Bonchev–Trinajstić information content (AvgIpc) is 2.49. The molecule has 22 heavy (non-hydrogen) atoms. The number of halogens is 1. The first kappa shape index (κ1) is 16.0. The Balaban J connectivity index is 2.00. The molecule has 0 spiro atoms. The van der Waals surface area contributed by atoms with Gasteiger partial charge in [0.25, 0.3) is 5.91 Å². The van der Waals surface area contributed by atoms with E-state index in [2.05, 4.69) is 5.32 Å². The molecule has 0 aliphatic heterocycles. The molecule has 0 aliphatic carbocycles. The topological polar surface area (TPSA) is 55.4 Å². The maximum atomic E-state index is 12.1. The largest absolute Gasteiger partial charge is 0.481 e. The molecule has 4 nitrogen and oxygen atoms in total. The highest BCUT2D eigenvalue weighted by Gasteiger charge is 2.15. The van der Waals surface area contributed by atoms with Crippen molar-refractivity contribution in [1.29, 1.82) is 0 Å². The zero-order valence-electron chi connectivity index (χ0n) is 12.3. The van der Waals surface area contributed by atoms with Crippen LogP contribution in [0.2, 0.25) is 5.02 Å². The summed E-state index contributed by atoms with van der Waals surface area (Å²) < 4.78 is 5.54. The lowest BCUT2D eigenvalue weighted by Gasteiger charge is -2.15. The SMILES string of the molecule is CC(=O)c1cccc(NC(=O)[C@@H](C)Oc2ccc(Cl)cc2)c1. The van der Waals surface area contributed by atoms with Crippen molar-refractivity contribution in [2.24, 2.45) is 0 Å². The molecule has 2 aromatic rings. The van der Waals surface area contributed by atoms with E-state index in [-0.39, 0.29) is 11.7 Å². The van der Waals surface area contributed by atoms with Crippen molar-refractivity contribution in [3.63, 3.8) is 0 Å². The minimum atomic E-state index is -0.679. The summed E-state index contributed by atoms with van der Waals surface area (Å²) in [5.41, 5.74) is 1.10. The highest BCUT2D eigenvalue weighted by Crippen LogP contribution is 2.17. The molecule has 0 heterocycles. The van der Waals surface area contributed by atoms with Gasteiger partial charge in [0.05, 0.1) is 0 Å². The monoisotopic (exact) mass is 317 g/mol. The van der Waals surface area contributed by atoms with Crippen LogP contribution in [0.15, 0.2) is 48.5 Å². The van der Waals surface area contributed by atoms with Crippen molar-refractivity contribution in [2.75, 3.05) is 5.32 Å². The van der Waals surface area contributed by atoms with Crippen LogP contribution in [0.3, 0.4) is 0 Å². The van der Waals surface area contributed by atoms with Gasteiger partial charge in [-0.3, -0.25) is 9.59 Å². The lowest BCUT2D eigenvalue weighted by molar-refractivity contribution is -0.122. The number of carbonyl (C=O) groups excluding carboxylic acids is 2. The number of hydrogen-bond acceptors (Lipinski definition) is 3. The van der Waals surface area contributed by atoms with Crippen molar-refractivity contribution in [3.8, 4) is 5.75 Å². The number of rotatable bonds is 5. The Morgan fingerprint density at radius 2 is 1.82 bits per heavy atom. The Labute approximate surface area is 134 Å². The summed E-state index contributed by atoms with van der Waals surface area (Å²) in [6.07, 6.45) is -0.679. The van der Waals surface area contributed by atoms with E-state index in [1.807, 2.05) is 0 Å². The number of ketones is 1. The quantitative estimate of drug-likeness (QED) is 0.850. The molecule has 0 saturated heterocycles. The summed E-state index contributed by atoms with van der Waals surface area (Å²) in [5.74, 6) is 0.210. The van der Waals surface area contributed by atoms with Crippen molar-refractivity contribution in [1.82, 2.24) is 0 Å². The highest BCUT2D eigenvalue weighted by molar-refractivity contribution is 6.30. The Morgan fingerprint density at radius 1 is 1.14 bits per heavy atom. The fourth-order valence-corrected chi connectivity index (χ4v) is 1.96. The Bertz CT molecular complexity index is 683. The molecule has 0 saturated carbocycles. The Morgan fingerprint density at radius 3 is 2.45 bits per heavy atom. The van der Waals surface area contributed by atoms with Gasteiger partial charge in [-0.05, 0) is 50.2 Å². The molecule has 0 radical (unpaired) electrons. The molecular weight excluding hydrogens is 302 g/mol. The predicted octanol–water partition coefficient (Wildman–Crippen LogP) is 3.95. The maximum absolute atomic E-state index is 12.1. The van der Waals surface area contributed by atoms with Crippen molar-refractivity contribution in [2.45, 2.75) is 20.0 Å². The predicted molar refractivity (Wildman–Crippen MR) is 86.6 cm³/mol. The Hall–Kier alpha value is -2.33. The normalized spacial score (nSPS) is 11.6. The second-order valence-corrected chi connectivity index (χ2v) is 5.28. The fraction of sp³-hybridized carbons (Fsp3) is 0.176. The third-order valence-corrected chi connectivity index (χ3v) is 3.28. The fourth-order valence-electron chi connectivity index (χ4n) is 1.83. The van der Waals surface area contributed by atoms with Crippen LogP contribution in [0, 0.1) is 0 Å². The van der Waals surface area contributed by atoms with Gasteiger partial charge in [-0.1, -0.05) is 23.7 Å². The van der Waals surface area contributed by atoms with Gasteiger partial charge >= 0.3 is 0 Å². The van der Waals surface area contributed by atoms with Crippen molar-refractivity contribution in [3.05, 3.63) is 59.1 Å². The van der Waals surface area contributed by atoms with Crippen molar-refractivity contribution >= 4 is 29.0 Å². The molecule has 0 fully saturated rings. The summed E-state index contributed by atoms with van der Waals surface area (Å²) in [5, 5.41) is 3.33. The summed E-state index contributed by atoms with van der Waals surface area (Å²) in [6, 6.07) is 13.6. The van der Waals surface area contributed by atoms with E-state index in [9.17, 15) is 9.59 Å². The van der Waals surface area contributed by atoms with Crippen LogP contribution < -0.4 is 10.1 Å². The summed E-state index contributed by atoms with van der Waals surface area (Å²) in [7, 11) is 0. The molecular formula is C17H16ClNO3. The summed E-state index contributed by atoms with van der Waals surface area (Å²) in [4.78, 5) is 23.5. The van der Waals surface area contributed by atoms with Gasteiger partial charge in [0.1, 0.15) is 5.75 Å². The average molecular weight is 318 g/mol. The van der Waals surface area contributed by atoms with Crippen LogP contribution >= 0.6 is 11.6 Å². The zero-order valence-corrected chi connectivity index (χ0v) is 13.1. The van der Waals surface area contributed by atoms with Gasteiger partial charge in [0, 0.05) is 16.3 Å². The molecule has 1 amide bonds. The number of hydrogen-bond donors (Lipinski definition) is 1. The van der Waals surface area contributed by atoms with Crippen LogP contribution in [0.1, 0.15) is 24.2 Å². The van der Waals surface area contributed by atoms with E-state index in [1.54, 1.807) is 55.5 Å². The Kier molecular flexibility index (Phi) is 5.17. The number of benzene rings is 2. The van der Waals surface area contributed by atoms with Gasteiger partial charge in [-0.2, -0.15) is 0 Å². The lowest BCUT2D eigenvalue weighted by Crippen LogP contribution is -2.30. The third kappa shape index (κ3) is 4.33. The first-order valence-electron chi connectivity index (χ1n) is 6.80. The van der Waals surface area contributed by atoms with Crippen LogP contribution in [0.4, 0.5) is 5.69 Å². The zero-order chi connectivity index (χ0) is 16.1. The van der Waals surface area contributed by atoms with E-state index < -0.39 is 6.10 Å². The minimum absolute atomic E-state index is 0.0541. The number of carbonyl (C=O) groups is 2. The second kappa shape index (κ2) is 7.09. The summed E-state index contributed by atoms with van der Waals surface area (Å²) >= 11 is 5.80. The lowest BCUT2D eigenvalue weighted by atomic mass is 10.1. The molecule has 1 N–H and O–H groups in total. The van der Waals surface area contributed by atoms with E-state index in [4.69, 9.17) is 16.3 Å². The number of amides is 1. The number of anilines is 1. The van der Waals surface area contributed by atoms with E-state index in [0.717, 1.165) is 0 Å². The highest BCUT2D eigenvalue weighted by atomic mass is 35.5. The van der Waals surface area contributed by atoms with Crippen LogP contribution in [0.25, 0.3) is 0 Å². The van der Waals surface area contributed by atoms with Gasteiger partial charge in [-0.25, -0.2) is 0 Å². The van der Waals surface area contributed by atoms with E-state index in [0.29, 0.717) is 22.0 Å². The van der Waals surface area contributed by atoms with Gasteiger partial charge < -0.3 is 10.1 Å². The molecule has 1 atom stereocenters. The molecule has 0 aromatic heterocycles. The van der Waals surface area contributed by atoms with E-state index >= 15 is 0 Å². The molecule has 114 valence electrons. The molecule has 0 aliphatic rings. The van der Waals surface area contributed by atoms with Crippen LogP contribution in [-0.4, -0.2) is 17.8 Å². The van der Waals surface area contributed by atoms with Gasteiger partial charge in [-0.15, -0.1) is 0 Å². The first-order chi connectivity index (χ1) is 10.5. The van der Waals surface area contributed by atoms with Crippen molar-refractivity contribution < 1.29 is 14.3 Å². The molecule has 2 aromatic carbocycles. The first-order valence-corrected chi connectivity index (χ1v) is 7.17. The molecule has 5 heteroatoms. The van der Waals surface area contributed by atoms with E-state index in [1.165, 1.54) is 6.92 Å². The number of ether oxygens (including phenoxy) is 1. The number of Topliss-reactive ketones (excluding diaryl/α,β-unsaturated/α-hetero) is 1. The summed E-state index contributed by atoms with van der Waals surface area (Å²) in [6.45, 7) is 3.13. The third-order valence-electron chi connectivity index (χ3n) is 3.03. The van der Waals surface area contributed by atoms with Crippen LogP contribution in [0.5, 0.6) is 5.75 Å².